The fraction of sp³-hybridized carbons (Fsp3) is 0.240. The maximum atomic E-state index is 13.0. The number of rotatable bonds is 9. The summed E-state index contributed by atoms with van der Waals surface area (Å²) in [4.78, 5) is 15.8. The number of nitrogens with zero attached hydrogens (tertiary/aromatic N) is 2. The van der Waals surface area contributed by atoms with Gasteiger partial charge in [0.2, 0.25) is 5.89 Å². The normalized spacial score (nSPS) is 11.0. The molecule has 0 aliphatic carbocycles. The highest BCUT2D eigenvalue weighted by Crippen LogP contribution is 2.46. The van der Waals surface area contributed by atoms with Crippen LogP contribution in [0.4, 0.5) is 0 Å². The van der Waals surface area contributed by atoms with Gasteiger partial charge in [-0.05, 0) is 36.8 Å². The molecule has 4 aromatic rings. The summed E-state index contributed by atoms with van der Waals surface area (Å²) in [5, 5.41) is 20.1. The van der Waals surface area contributed by atoms with E-state index in [0.29, 0.717) is 40.8 Å². The van der Waals surface area contributed by atoms with Crippen molar-refractivity contribution >= 4 is 11.6 Å². The van der Waals surface area contributed by atoms with Crippen LogP contribution in [0.15, 0.2) is 51.7 Å². The minimum absolute atomic E-state index is 0.0434. The summed E-state index contributed by atoms with van der Waals surface area (Å²) in [5.74, 6) is 0.670. The Balaban J connectivity index is 1.86. The first-order valence-electron chi connectivity index (χ1n) is 10.8. The quantitative estimate of drug-likeness (QED) is 0.344. The molecular weight excluding hydrogens is 474 g/mol. The second-order valence-electron chi connectivity index (χ2n) is 7.51. The number of aromatic amines is 1. The molecule has 0 fully saturated rings. The van der Waals surface area contributed by atoms with Crippen molar-refractivity contribution < 1.29 is 23.7 Å². The van der Waals surface area contributed by atoms with E-state index in [0.717, 1.165) is 5.56 Å². The average molecular weight is 498 g/mol. The van der Waals surface area contributed by atoms with Crippen LogP contribution in [0.2, 0.25) is 5.02 Å². The van der Waals surface area contributed by atoms with Crippen LogP contribution in [-0.2, 0) is 17.8 Å². The first kappa shape index (κ1) is 24.3. The van der Waals surface area contributed by atoms with Crippen molar-refractivity contribution in [2.24, 2.45) is 0 Å². The van der Waals surface area contributed by atoms with Gasteiger partial charge in [0.1, 0.15) is 22.8 Å². The van der Waals surface area contributed by atoms with Gasteiger partial charge in [0.15, 0.2) is 0 Å². The number of nitrogens with one attached hydrogen (secondary N) is 1. The van der Waals surface area contributed by atoms with E-state index >= 15 is 0 Å². The van der Waals surface area contributed by atoms with Gasteiger partial charge in [-0.3, -0.25) is 4.79 Å². The molecule has 2 N–H and O–H groups in total. The van der Waals surface area contributed by atoms with Gasteiger partial charge in [0.25, 0.3) is 11.4 Å². The van der Waals surface area contributed by atoms with Gasteiger partial charge in [0.05, 0.1) is 44.1 Å². The molecule has 0 aliphatic rings. The van der Waals surface area contributed by atoms with E-state index in [4.69, 9.17) is 30.2 Å². The van der Waals surface area contributed by atoms with E-state index in [-0.39, 0.29) is 35.3 Å². The maximum Gasteiger partial charge on any atom is 0.264 e. The van der Waals surface area contributed by atoms with E-state index in [9.17, 15) is 9.90 Å². The standard InChI is InChI=1S/C25H24ClN3O6/c1-4-34-13-16-20(21-17(32-2)6-5-7-18(21)33-3)23(30)22(24(31)27-16)25-29-28-19(35-25)12-14-8-10-15(26)11-9-14/h5-11H,4,12-13H2,1-3H3,(H2,27,30,31). The number of benzene rings is 2. The molecule has 0 unspecified atom stereocenters. The van der Waals surface area contributed by atoms with Crippen LogP contribution >= 0.6 is 11.6 Å². The summed E-state index contributed by atoms with van der Waals surface area (Å²) < 4.78 is 22.4. The van der Waals surface area contributed by atoms with E-state index in [2.05, 4.69) is 15.2 Å². The van der Waals surface area contributed by atoms with Gasteiger partial charge in [-0.1, -0.05) is 29.8 Å². The monoisotopic (exact) mass is 497 g/mol. The van der Waals surface area contributed by atoms with Crippen LogP contribution in [0, 0.1) is 0 Å². The molecule has 0 spiro atoms. The fourth-order valence-corrected chi connectivity index (χ4v) is 3.84. The molecule has 4 rings (SSSR count). The lowest BCUT2D eigenvalue weighted by atomic mass is 9.98. The highest BCUT2D eigenvalue weighted by Gasteiger charge is 2.27. The molecule has 0 saturated heterocycles. The zero-order valence-corrected chi connectivity index (χ0v) is 20.2. The predicted octanol–water partition coefficient (Wildman–Crippen LogP) is 4.60. The van der Waals surface area contributed by atoms with Crippen LogP contribution in [0.25, 0.3) is 22.6 Å². The Hall–Kier alpha value is -3.82. The van der Waals surface area contributed by atoms with E-state index < -0.39 is 5.56 Å². The lowest BCUT2D eigenvalue weighted by Crippen LogP contribution is -2.15. The number of ether oxygens (including phenoxy) is 3. The minimum atomic E-state index is -0.600. The molecule has 0 bridgehead atoms. The highest BCUT2D eigenvalue weighted by molar-refractivity contribution is 6.30. The third-order valence-electron chi connectivity index (χ3n) is 5.34. The molecule has 2 aromatic carbocycles. The Kier molecular flexibility index (Phi) is 7.38. The van der Waals surface area contributed by atoms with Crippen molar-refractivity contribution in [3.63, 3.8) is 0 Å². The predicted molar refractivity (Wildman–Crippen MR) is 130 cm³/mol. The lowest BCUT2D eigenvalue weighted by Gasteiger charge is -2.18. The van der Waals surface area contributed by atoms with Crippen molar-refractivity contribution in [2.75, 3.05) is 20.8 Å². The topological polar surface area (TPSA) is 120 Å². The van der Waals surface area contributed by atoms with Gasteiger partial charge in [-0.15, -0.1) is 10.2 Å². The van der Waals surface area contributed by atoms with E-state index in [1.54, 1.807) is 30.3 Å². The van der Waals surface area contributed by atoms with Gasteiger partial charge in [0, 0.05) is 11.6 Å². The van der Waals surface area contributed by atoms with Gasteiger partial charge in [-0.2, -0.15) is 0 Å². The van der Waals surface area contributed by atoms with Crippen molar-refractivity contribution in [3.05, 3.63) is 75.0 Å². The van der Waals surface area contributed by atoms with Crippen molar-refractivity contribution in [1.29, 1.82) is 0 Å². The molecule has 10 heteroatoms. The smallest absolute Gasteiger partial charge is 0.264 e. The first-order valence-corrected chi connectivity index (χ1v) is 11.2. The van der Waals surface area contributed by atoms with E-state index in [1.807, 2.05) is 19.1 Å². The van der Waals surface area contributed by atoms with Gasteiger partial charge >= 0.3 is 0 Å². The average Bonchev–Trinajstić information content (AvgIpc) is 3.31. The molecule has 2 aromatic heterocycles. The zero-order valence-electron chi connectivity index (χ0n) is 19.4. The summed E-state index contributed by atoms with van der Waals surface area (Å²) >= 11 is 5.94. The van der Waals surface area contributed by atoms with Crippen LogP contribution in [0.5, 0.6) is 17.2 Å². The number of H-pyrrole nitrogens is 1. The minimum Gasteiger partial charge on any atom is -0.506 e. The Morgan fingerprint density at radius 1 is 1.00 bits per heavy atom. The molecule has 35 heavy (non-hydrogen) atoms. The summed E-state index contributed by atoms with van der Waals surface area (Å²) in [6.45, 7) is 2.28. The van der Waals surface area contributed by atoms with Gasteiger partial charge < -0.3 is 28.7 Å². The summed E-state index contributed by atoms with van der Waals surface area (Å²) in [6.07, 6.45) is 0.332. The Morgan fingerprint density at radius 3 is 2.31 bits per heavy atom. The number of methoxy groups -OCH3 is 2. The molecular formula is C25H24ClN3O6. The van der Waals surface area contributed by atoms with Crippen molar-refractivity contribution in [3.8, 4) is 39.8 Å². The molecule has 182 valence electrons. The molecule has 0 aliphatic heterocycles. The van der Waals surface area contributed by atoms with E-state index in [1.165, 1.54) is 14.2 Å². The molecule has 0 saturated carbocycles. The zero-order chi connectivity index (χ0) is 24.9. The van der Waals surface area contributed by atoms with Crippen molar-refractivity contribution in [2.45, 2.75) is 20.0 Å². The second-order valence-corrected chi connectivity index (χ2v) is 7.95. The number of hydrogen-bond donors (Lipinski definition) is 2. The maximum absolute atomic E-state index is 13.0. The fourth-order valence-electron chi connectivity index (χ4n) is 3.72. The van der Waals surface area contributed by atoms with Crippen molar-refractivity contribution in [1.82, 2.24) is 15.2 Å². The van der Waals surface area contributed by atoms with Crippen LogP contribution < -0.4 is 15.0 Å². The third kappa shape index (κ3) is 5.01. The van der Waals surface area contributed by atoms with Crippen LogP contribution in [-0.4, -0.2) is 41.1 Å². The Labute approximate surface area is 206 Å². The molecule has 0 amide bonds. The highest BCUT2D eigenvalue weighted by atomic mass is 35.5. The lowest BCUT2D eigenvalue weighted by molar-refractivity contribution is 0.131. The number of halogens is 1. The van der Waals surface area contributed by atoms with Crippen LogP contribution in [0.1, 0.15) is 24.1 Å². The second kappa shape index (κ2) is 10.6. The van der Waals surface area contributed by atoms with Crippen LogP contribution in [0.3, 0.4) is 0 Å². The number of pyridine rings is 1. The summed E-state index contributed by atoms with van der Waals surface area (Å²) in [6, 6.07) is 12.4. The molecule has 0 atom stereocenters. The SMILES string of the molecule is CCOCc1[nH]c(=O)c(-c2nnc(Cc3ccc(Cl)cc3)o2)c(O)c1-c1c(OC)cccc1OC. The third-order valence-corrected chi connectivity index (χ3v) is 5.60. The Morgan fingerprint density at radius 2 is 1.69 bits per heavy atom. The number of aromatic nitrogens is 3. The Bertz CT molecular complexity index is 1360. The largest absolute Gasteiger partial charge is 0.506 e. The number of hydrogen-bond acceptors (Lipinski definition) is 8. The molecule has 9 nitrogen and oxygen atoms in total. The number of aromatic hydroxyl groups is 1. The first-order chi connectivity index (χ1) is 17.0. The van der Waals surface area contributed by atoms with Gasteiger partial charge in [-0.25, -0.2) is 0 Å². The summed E-state index contributed by atoms with van der Waals surface area (Å²) in [7, 11) is 3.01. The molecule has 0 radical (unpaired) electrons. The summed E-state index contributed by atoms with van der Waals surface area (Å²) in [5.41, 5.74) is 1.21. The molecule has 2 heterocycles.